The smallest absolute Gasteiger partial charge is 0.352 e. The number of nitrogens with one attached hydrogen (secondary N) is 1. The predicted octanol–water partition coefficient (Wildman–Crippen LogP) is 4.50. The fourth-order valence-electron chi connectivity index (χ4n) is 3.82. The number of hydrogen-bond acceptors (Lipinski definition) is 4. The minimum Gasteiger partial charge on any atom is -0.352 e. The third-order valence-electron chi connectivity index (χ3n) is 5.96. The number of aryl methyl sites for hydroxylation is 1. The van der Waals surface area contributed by atoms with E-state index in [1.165, 1.54) is 11.0 Å². The van der Waals surface area contributed by atoms with Crippen molar-refractivity contribution in [2.75, 3.05) is 17.1 Å². The van der Waals surface area contributed by atoms with Crippen molar-refractivity contribution in [2.24, 2.45) is 0 Å². The van der Waals surface area contributed by atoms with Gasteiger partial charge in [0.2, 0.25) is 21.8 Å². The van der Waals surface area contributed by atoms with Crippen LogP contribution in [0, 0.1) is 6.92 Å². The van der Waals surface area contributed by atoms with E-state index in [0.717, 1.165) is 29.5 Å². The number of hydrogen-bond donors (Lipinski definition) is 1. The van der Waals surface area contributed by atoms with Crippen LogP contribution < -0.4 is 9.62 Å². The van der Waals surface area contributed by atoms with Gasteiger partial charge in [-0.15, -0.1) is 0 Å². The number of rotatable bonds is 11. The molecule has 11 heteroatoms. The van der Waals surface area contributed by atoms with Gasteiger partial charge in [-0.05, 0) is 50.5 Å². The largest absolute Gasteiger partial charge is 0.416 e. The lowest BCUT2D eigenvalue weighted by molar-refractivity contribution is -0.140. The summed E-state index contributed by atoms with van der Waals surface area (Å²) in [5.74, 6) is -1.10. The van der Waals surface area contributed by atoms with E-state index < -0.39 is 40.3 Å². The summed E-state index contributed by atoms with van der Waals surface area (Å²) in [6.07, 6.45) is -2.95. The zero-order valence-electron chi connectivity index (χ0n) is 21.7. The van der Waals surface area contributed by atoms with Crippen LogP contribution in [0.1, 0.15) is 50.3 Å². The van der Waals surface area contributed by atoms with Gasteiger partial charge in [0.25, 0.3) is 0 Å². The average molecular weight is 542 g/mol. The Hall–Kier alpha value is -3.08. The third kappa shape index (κ3) is 8.48. The molecule has 1 N–H and O–H groups in total. The number of carbonyl (C=O) groups excluding carboxylic acids is 2. The SMILES string of the molecule is CC[C@@H](C)NC(=O)[C@@H](CC)N(Cc1cccc(C)c1)C(=O)CN(c1cccc(C(F)(F)F)c1)S(C)(=O)=O. The topological polar surface area (TPSA) is 86.8 Å². The predicted molar refractivity (Wildman–Crippen MR) is 137 cm³/mol. The van der Waals surface area contributed by atoms with E-state index in [1.807, 2.05) is 32.9 Å². The highest BCUT2D eigenvalue weighted by atomic mass is 32.2. The number of nitrogens with zero attached hydrogens (tertiary/aromatic N) is 2. The molecule has 2 atom stereocenters. The van der Waals surface area contributed by atoms with Crippen molar-refractivity contribution in [3.05, 3.63) is 65.2 Å². The van der Waals surface area contributed by atoms with E-state index >= 15 is 0 Å². The standard InChI is InChI=1S/C26H34F3N3O4S/c1-6-19(4)30-25(34)23(7-2)31(16-20-11-8-10-18(3)14-20)24(33)17-32(37(5,35)36)22-13-9-12-21(15-22)26(27,28)29/h8-15,19,23H,6-7,16-17H2,1-5H3,(H,30,34)/t19-,23-/m1/s1. The Morgan fingerprint density at radius 2 is 1.68 bits per heavy atom. The summed E-state index contributed by atoms with van der Waals surface area (Å²) in [7, 11) is -4.15. The van der Waals surface area contributed by atoms with Crippen LogP contribution in [-0.4, -0.2) is 50.0 Å². The van der Waals surface area contributed by atoms with Crippen molar-refractivity contribution >= 4 is 27.5 Å². The molecule has 0 bridgehead atoms. The maximum absolute atomic E-state index is 13.6. The molecule has 7 nitrogen and oxygen atoms in total. The molecule has 0 saturated carbocycles. The zero-order valence-corrected chi connectivity index (χ0v) is 22.5. The third-order valence-corrected chi connectivity index (χ3v) is 7.10. The molecular weight excluding hydrogens is 507 g/mol. The van der Waals surface area contributed by atoms with Crippen LogP contribution in [0.25, 0.3) is 0 Å². The molecule has 0 aliphatic rings. The van der Waals surface area contributed by atoms with Crippen LogP contribution in [-0.2, 0) is 32.3 Å². The Morgan fingerprint density at radius 1 is 1.03 bits per heavy atom. The molecule has 0 spiro atoms. The van der Waals surface area contributed by atoms with E-state index in [4.69, 9.17) is 0 Å². The summed E-state index contributed by atoms with van der Waals surface area (Å²) in [5, 5.41) is 2.86. The van der Waals surface area contributed by atoms with Crippen molar-refractivity contribution in [1.29, 1.82) is 0 Å². The van der Waals surface area contributed by atoms with Crippen molar-refractivity contribution in [2.45, 2.75) is 65.3 Å². The number of amides is 2. The van der Waals surface area contributed by atoms with Gasteiger partial charge in [0.05, 0.1) is 17.5 Å². The molecule has 0 aliphatic carbocycles. The van der Waals surface area contributed by atoms with Crippen molar-refractivity contribution < 1.29 is 31.2 Å². The second-order valence-electron chi connectivity index (χ2n) is 9.07. The molecule has 2 amide bonds. The first-order valence-corrected chi connectivity index (χ1v) is 13.8. The molecule has 2 rings (SSSR count). The summed E-state index contributed by atoms with van der Waals surface area (Å²) in [6.45, 7) is 6.60. The first kappa shape index (κ1) is 30.1. The highest BCUT2D eigenvalue weighted by molar-refractivity contribution is 7.92. The highest BCUT2D eigenvalue weighted by Gasteiger charge is 2.34. The van der Waals surface area contributed by atoms with Gasteiger partial charge in [-0.1, -0.05) is 49.7 Å². The van der Waals surface area contributed by atoms with Crippen LogP contribution in [0.15, 0.2) is 48.5 Å². The quantitative estimate of drug-likeness (QED) is 0.454. The minimum atomic E-state index is -4.69. The van der Waals surface area contributed by atoms with E-state index in [2.05, 4.69) is 5.32 Å². The Kier molecular flexibility index (Phi) is 10.1. The Morgan fingerprint density at radius 3 is 2.22 bits per heavy atom. The molecule has 0 aliphatic heterocycles. The lowest BCUT2D eigenvalue weighted by atomic mass is 10.1. The van der Waals surface area contributed by atoms with Gasteiger partial charge in [-0.25, -0.2) is 8.42 Å². The molecule has 0 unspecified atom stereocenters. The summed E-state index contributed by atoms with van der Waals surface area (Å²) in [6, 6.07) is 10.0. The molecule has 0 saturated heterocycles. The summed E-state index contributed by atoms with van der Waals surface area (Å²) in [5.41, 5.74) is 0.331. The van der Waals surface area contributed by atoms with E-state index in [-0.39, 0.29) is 30.6 Å². The maximum atomic E-state index is 13.6. The van der Waals surface area contributed by atoms with Gasteiger partial charge in [0.1, 0.15) is 12.6 Å². The second-order valence-corrected chi connectivity index (χ2v) is 11.0. The molecule has 0 aromatic heterocycles. The Bertz CT molecular complexity index is 1200. The molecule has 37 heavy (non-hydrogen) atoms. The summed E-state index contributed by atoms with van der Waals surface area (Å²) >= 11 is 0. The van der Waals surface area contributed by atoms with Gasteiger partial charge in [0.15, 0.2) is 0 Å². The summed E-state index contributed by atoms with van der Waals surface area (Å²) < 4.78 is 65.7. The van der Waals surface area contributed by atoms with Crippen LogP contribution >= 0.6 is 0 Å². The fourth-order valence-corrected chi connectivity index (χ4v) is 4.66. The van der Waals surface area contributed by atoms with Crippen LogP contribution in [0.2, 0.25) is 0 Å². The van der Waals surface area contributed by atoms with Crippen LogP contribution in [0.5, 0.6) is 0 Å². The van der Waals surface area contributed by atoms with Gasteiger partial charge in [-0.2, -0.15) is 13.2 Å². The molecule has 204 valence electrons. The Labute approximate surface area is 216 Å². The van der Waals surface area contributed by atoms with Gasteiger partial charge in [0, 0.05) is 12.6 Å². The van der Waals surface area contributed by atoms with Gasteiger partial charge < -0.3 is 10.2 Å². The number of benzene rings is 2. The fraction of sp³-hybridized carbons (Fsp3) is 0.462. The molecule has 0 fully saturated rings. The van der Waals surface area contributed by atoms with Gasteiger partial charge in [-0.3, -0.25) is 13.9 Å². The van der Waals surface area contributed by atoms with Crippen molar-refractivity contribution in [3.8, 4) is 0 Å². The number of alkyl halides is 3. The molecule has 2 aromatic rings. The van der Waals surface area contributed by atoms with Crippen molar-refractivity contribution in [3.63, 3.8) is 0 Å². The van der Waals surface area contributed by atoms with E-state index in [9.17, 15) is 31.2 Å². The monoisotopic (exact) mass is 541 g/mol. The lowest BCUT2D eigenvalue weighted by Gasteiger charge is -2.33. The summed E-state index contributed by atoms with van der Waals surface area (Å²) in [4.78, 5) is 28.0. The van der Waals surface area contributed by atoms with Gasteiger partial charge >= 0.3 is 6.18 Å². The number of anilines is 1. The second kappa shape index (κ2) is 12.4. The highest BCUT2D eigenvalue weighted by Crippen LogP contribution is 2.32. The molecule has 0 heterocycles. The molecule has 2 aromatic carbocycles. The number of sulfonamides is 1. The Balaban J connectivity index is 2.49. The zero-order chi connectivity index (χ0) is 28.0. The van der Waals surface area contributed by atoms with Crippen molar-refractivity contribution in [1.82, 2.24) is 10.2 Å². The van der Waals surface area contributed by atoms with Crippen LogP contribution in [0.3, 0.4) is 0 Å². The minimum absolute atomic E-state index is 0.0210. The van der Waals surface area contributed by atoms with Crippen LogP contribution in [0.4, 0.5) is 18.9 Å². The average Bonchev–Trinajstić information content (AvgIpc) is 2.81. The lowest BCUT2D eigenvalue weighted by Crippen LogP contribution is -2.53. The maximum Gasteiger partial charge on any atom is 0.416 e. The molecule has 0 radical (unpaired) electrons. The number of halogens is 3. The van der Waals surface area contributed by atoms with E-state index in [1.54, 1.807) is 19.1 Å². The first-order chi connectivity index (χ1) is 17.2. The van der Waals surface area contributed by atoms with E-state index in [0.29, 0.717) is 16.8 Å². The number of carbonyl (C=O) groups is 2. The molecular formula is C26H34F3N3O4S. The normalized spacial score (nSPS) is 13.5. The first-order valence-electron chi connectivity index (χ1n) is 12.0.